The quantitative estimate of drug-likeness (QED) is 0.206. The molecule has 0 saturated carbocycles. The van der Waals surface area contributed by atoms with E-state index in [-0.39, 0.29) is 19.5 Å². The zero-order valence-electron chi connectivity index (χ0n) is 33.3. The van der Waals surface area contributed by atoms with E-state index in [0.717, 1.165) is 11.1 Å². The molecule has 0 fully saturated rings. The normalized spacial score (nSPS) is 15.8. The lowest BCUT2D eigenvalue weighted by Gasteiger charge is -2.44. The largest absolute Gasteiger partial charge is 0.465 e. The fourth-order valence-electron chi connectivity index (χ4n) is 6.36. The molecule has 55 heavy (non-hydrogen) atoms. The van der Waals surface area contributed by atoms with Crippen LogP contribution in [0.25, 0.3) is 0 Å². The molecular weight excluding hydrogens is 724 g/mol. The molecule has 1 aliphatic rings. The third-order valence-corrected chi connectivity index (χ3v) is 11.3. The first-order valence-corrected chi connectivity index (χ1v) is 19.4. The third kappa shape index (κ3) is 10.2. The van der Waals surface area contributed by atoms with E-state index in [1.54, 1.807) is 82.0 Å². The molecule has 3 aromatic rings. The average molecular weight is 777 g/mol. The molecule has 0 bridgehead atoms. The van der Waals surface area contributed by atoms with Crippen LogP contribution < -0.4 is 5.32 Å². The number of benzene rings is 3. The summed E-state index contributed by atoms with van der Waals surface area (Å²) in [7, 11) is 2.75. The van der Waals surface area contributed by atoms with Gasteiger partial charge in [-0.2, -0.15) is 11.8 Å². The van der Waals surface area contributed by atoms with Crippen LogP contribution in [0.15, 0.2) is 72.8 Å². The van der Waals surface area contributed by atoms with Gasteiger partial charge >= 0.3 is 12.1 Å². The number of nitrogens with zero attached hydrogens (tertiary/aromatic N) is 3. The van der Waals surface area contributed by atoms with Crippen molar-refractivity contribution in [3.8, 4) is 0 Å². The van der Waals surface area contributed by atoms with Gasteiger partial charge in [-0.05, 0) is 89.6 Å². The van der Waals surface area contributed by atoms with E-state index >= 15 is 14.0 Å². The summed E-state index contributed by atoms with van der Waals surface area (Å²) in [6.45, 7) is 12.3. The van der Waals surface area contributed by atoms with Crippen LogP contribution in [-0.2, 0) is 43.4 Å². The third-order valence-electron chi connectivity index (χ3n) is 10.0. The number of fused-ring (bicyclic) bond motifs is 1. The second kappa shape index (κ2) is 17.7. The first-order chi connectivity index (χ1) is 25.8. The second-order valence-corrected chi connectivity index (χ2v) is 16.8. The smallest absolute Gasteiger partial charge is 0.410 e. The molecule has 0 spiro atoms. The molecule has 4 rings (SSSR count). The molecule has 0 saturated heterocycles. The standard InChI is InChI=1S/C42H53FN4O7S/c1-26(32-17-13-14-18-33(32)43)46(24-28-19-21-29(22-20-28)39(51)53-9)37(49)34-23-30-15-11-12-16-31(30)25-47(34)38(50)35(42(6,7)55-10)44-36(48)27(2)45(8)40(52)54-41(3,4)5/h11-22,26-27,34-35H,23-25H2,1-10H3,(H,44,48)/t26-,27+,34?,35?/m1/s1. The molecule has 1 heterocycles. The first-order valence-electron chi connectivity index (χ1n) is 18.2. The van der Waals surface area contributed by atoms with Crippen LogP contribution in [0, 0.1) is 5.82 Å². The van der Waals surface area contributed by atoms with Crippen molar-refractivity contribution in [2.75, 3.05) is 20.4 Å². The predicted molar refractivity (Wildman–Crippen MR) is 211 cm³/mol. The number of halogens is 1. The summed E-state index contributed by atoms with van der Waals surface area (Å²) >= 11 is 1.38. The number of thioether (sulfide) groups is 1. The molecule has 296 valence electrons. The number of hydrogen-bond acceptors (Lipinski definition) is 8. The van der Waals surface area contributed by atoms with Crippen molar-refractivity contribution in [2.45, 2.75) is 102 Å². The molecule has 4 amide bonds. The van der Waals surface area contributed by atoms with Gasteiger partial charge in [0.1, 0.15) is 29.5 Å². The van der Waals surface area contributed by atoms with Crippen LogP contribution in [0.3, 0.4) is 0 Å². The topological polar surface area (TPSA) is 126 Å². The summed E-state index contributed by atoms with van der Waals surface area (Å²) < 4.78 is 24.8. The molecule has 2 unspecified atom stereocenters. The SMILES string of the molecule is COC(=O)c1ccc(CN(C(=O)C2Cc3ccccc3CN2C(=O)C(NC(=O)[C@H](C)N(C)C(=O)OC(C)(C)C)C(C)(C)SC)[C@H](C)c2ccccc2F)cc1. The van der Waals surface area contributed by atoms with Gasteiger partial charge in [0.2, 0.25) is 17.7 Å². The fraction of sp³-hybridized carbons (Fsp3) is 0.452. The van der Waals surface area contributed by atoms with Crippen molar-refractivity contribution >= 4 is 41.5 Å². The van der Waals surface area contributed by atoms with E-state index in [0.29, 0.717) is 16.7 Å². The number of carbonyl (C=O) groups excluding carboxylic acids is 5. The van der Waals surface area contributed by atoms with Gasteiger partial charge in [0.15, 0.2) is 0 Å². The van der Waals surface area contributed by atoms with Crippen molar-refractivity contribution < 1.29 is 37.8 Å². The highest BCUT2D eigenvalue weighted by Gasteiger charge is 2.45. The van der Waals surface area contributed by atoms with E-state index in [4.69, 9.17) is 9.47 Å². The van der Waals surface area contributed by atoms with E-state index < -0.39 is 70.1 Å². The van der Waals surface area contributed by atoms with E-state index in [1.807, 2.05) is 44.4 Å². The van der Waals surface area contributed by atoms with Gasteiger partial charge in [0.05, 0.1) is 18.7 Å². The summed E-state index contributed by atoms with van der Waals surface area (Å²) in [5, 5.41) is 2.92. The Bertz CT molecular complexity index is 1880. The minimum Gasteiger partial charge on any atom is -0.465 e. The number of esters is 1. The maximum absolute atomic E-state index is 15.3. The van der Waals surface area contributed by atoms with E-state index in [2.05, 4.69) is 5.32 Å². The van der Waals surface area contributed by atoms with E-state index in [9.17, 15) is 14.4 Å². The summed E-state index contributed by atoms with van der Waals surface area (Å²) in [6.07, 6.45) is 1.32. The molecule has 0 radical (unpaired) electrons. The number of rotatable bonds is 12. The van der Waals surface area contributed by atoms with Crippen molar-refractivity contribution in [1.82, 2.24) is 20.0 Å². The molecule has 0 aliphatic carbocycles. The average Bonchev–Trinajstić information content (AvgIpc) is 3.16. The monoisotopic (exact) mass is 776 g/mol. The highest BCUT2D eigenvalue weighted by Crippen LogP contribution is 2.33. The van der Waals surface area contributed by atoms with Gasteiger partial charge in [-0.1, -0.05) is 54.6 Å². The number of hydrogen-bond donors (Lipinski definition) is 1. The summed E-state index contributed by atoms with van der Waals surface area (Å²) in [6, 6.07) is 16.6. The molecule has 11 nitrogen and oxygen atoms in total. The van der Waals surface area contributed by atoms with Crippen molar-refractivity contribution in [2.24, 2.45) is 0 Å². The molecule has 4 atom stereocenters. The van der Waals surface area contributed by atoms with Crippen LogP contribution in [-0.4, -0.2) is 93.4 Å². The molecule has 3 aromatic carbocycles. The Balaban J connectivity index is 1.76. The minimum absolute atomic E-state index is 0.0426. The number of amides is 4. The van der Waals surface area contributed by atoms with Crippen LogP contribution in [0.2, 0.25) is 0 Å². The molecular formula is C42H53FN4O7S. The van der Waals surface area contributed by atoms with Crippen molar-refractivity contribution in [3.05, 3.63) is 106 Å². The van der Waals surface area contributed by atoms with Crippen LogP contribution in [0.4, 0.5) is 9.18 Å². The maximum atomic E-state index is 15.3. The minimum atomic E-state index is -1.12. The lowest BCUT2D eigenvalue weighted by atomic mass is 9.90. The first kappa shape index (κ1) is 42.8. The molecule has 13 heteroatoms. The molecule has 1 aliphatic heterocycles. The lowest BCUT2D eigenvalue weighted by molar-refractivity contribution is -0.151. The van der Waals surface area contributed by atoms with Crippen LogP contribution in [0.1, 0.15) is 87.1 Å². The predicted octanol–water partition coefficient (Wildman–Crippen LogP) is 6.54. The second-order valence-electron chi connectivity index (χ2n) is 15.3. The van der Waals surface area contributed by atoms with Gasteiger partial charge in [-0.3, -0.25) is 19.3 Å². The Morgan fingerprint density at radius 1 is 0.927 bits per heavy atom. The maximum Gasteiger partial charge on any atom is 0.410 e. The van der Waals surface area contributed by atoms with Crippen LogP contribution in [0.5, 0.6) is 0 Å². The van der Waals surface area contributed by atoms with E-state index in [1.165, 1.54) is 41.8 Å². The molecule has 1 N–H and O–H groups in total. The highest BCUT2D eigenvalue weighted by atomic mass is 32.2. The summed E-state index contributed by atoms with van der Waals surface area (Å²) in [5.41, 5.74) is 2.28. The van der Waals surface area contributed by atoms with Crippen molar-refractivity contribution in [3.63, 3.8) is 0 Å². The number of likely N-dealkylation sites (N-methyl/N-ethyl adjacent to an activating group) is 1. The van der Waals surface area contributed by atoms with Crippen molar-refractivity contribution in [1.29, 1.82) is 0 Å². The Labute approximate surface area is 327 Å². The Morgan fingerprint density at radius 2 is 1.53 bits per heavy atom. The number of ether oxygens (including phenoxy) is 2. The lowest BCUT2D eigenvalue weighted by Crippen LogP contribution is -2.63. The molecule has 0 aromatic heterocycles. The number of methoxy groups -OCH3 is 1. The fourth-order valence-corrected chi connectivity index (χ4v) is 6.76. The van der Waals surface area contributed by atoms with Gasteiger partial charge in [0.25, 0.3) is 0 Å². The highest BCUT2D eigenvalue weighted by molar-refractivity contribution is 8.00. The zero-order chi connectivity index (χ0) is 40.8. The van der Waals surface area contributed by atoms with Gasteiger partial charge in [0, 0.05) is 36.9 Å². The Kier molecular flexibility index (Phi) is 13.8. The number of nitrogens with one attached hydrogen (secondary N) is 1. The van der Waals surface area contributed by atoms with Gasteiger partial charge in [-0.15, -0.1) is 0 Å². The summed E-state index contributed by atoms with van der Waals surface area (Å²) in [4.78, 5) is 73.2. The van der Waals surface area contributed by atoms with Crippen LogP contribution >= 0.6 is 11.8 Å². The summed E-state index contributed by atoms with van der Waals surface area (Å²) in [5.74, 6) is -2.45. The zero-order valence-corrected chi connectivity index (χ0v) is 34.2. The number of carbonyl (C=O) groups is 5. The van der Waals surface area contributed by atoms with Gasteiger partial charge in [-0.25, -0.2) is 14.0 Å². The van der Waals surface area contributed by atoms with Gasteiger partial charge < -0.3 is 24.6 Å². The Hall–Kier alpha value is -4.91. The Morgan fingerprint density at radius 3 is 2.11 bits per heavy atom.